The minimum Gasteiger partial charge on any atom is -0.212 e. The first-order chi connectivity index (χ1) is 8.71. The number of benzene rings is 1. The van der Waals surface area contributed by atoms with Gasteiger partial charge in [-0.2, -0.15) is 5.26 Å². The summed E-state index contributed by atoms with van der Waals surface area (Å²) in [7, 11) is -3.41. The molecule has 0 saturated heterocycles. The van der Waals surface area contributed by atoms with Crippen LogP contribution in [0.5, 0.6) is 0 Å². The predicted molar refractivity (Wildman–Crippen MR) is 76.0 cm³/mol. The first-order valence-corrected chi connectivity index (χ1v) is 7.71. The van der Waals surface area contributed by atoms with Crippen molar-refractivity contribution in [1.29, 1.82) is 5.26 Å². The predicted octanol–water partition coefficient (Wildman–Crippen LogP) is 2.73. The SMILES string of the molecule is CC[C@H](NS(=O)(=O)C(C)(C)C)c1cccc(C#N)c1. The fraction of sp³-hybridized carbons (Fsp3) is 0.500. The molecular weight excluding hydrogens is 260 g/mol. The monoisotopic (exact) mass is 280 g/mol. The summed E-state index contributed by atoms with van der Waals surface area (Å²) in [4.78, 5) is 0. The molecule has 0 bridgehead atoms. The lowest BCUT2D eigenvalue weighted by Crippen LogP contribution is -2.41. The molecule has 0 aliphatic rings. The van der Waals surface area contributed by atoms with Crippen LogP contribution in [0.4, 0.5) is 0 Å². The van der Waals surface area contributed by atoms with E-state index in [-0.39, 0.29) is 6.04 Å². The van der Waals surface area contributed by atoms with Gasteiger partial charge in [-0.3, -0.25) is 0 Å². The number of hydrogen-bond donors (Lipinski definition) is 1. The maximum atomic E-state index is 12.2. The van der Waals surface area contributed by atoms with Gasteiger partial charge in [0.2, 0.25) is 10.0 Å². The van der Waals surface area contributed by atoms with Gasteiger partial charge in [0.05, 0.1) is 16.4 Å². The minimum atomic E-state index is -3.41. The van der Waals surface area contributed by atoms with Crippen LogP contribution in [0.3, 0.4) is 0 Å². The zero-order valence-corrected chi connectivity index (χ0v) is 12.6. The van der Waals surface area contributed by atoms with Crippen LogP contribution in [0.15, 0.2) is 24.3 Å². The Balaban J connectivity index is 3.06. The Morgan fingerprint density at radius 2 is 2.00 bits per heavy atom. The highest BCUT2D eigenvalue weighted by Crippen LogP contribution is 2.22. The van der Waals surface area contributed by atoms with E-state index in [4.69, 9.17) is 5.26 Å². The van der Waals surface area contributed by atoms with Crippen LogP contribution in [0.2, 0.25) is 0 Å². The largest absolute Gasteiger partial charge is 0.217 e. The Kier molecular flexibility index (Phi) is 4.72. The van der Waals surface area contributed by atoms with Crippen molar-refractivity contribution < 1.29 is 8.42 Å². The first-order valence-electron chi connectivity index (χ1n) is 6.23. The molecule has 0 heterocycles. The number of hydrogen-bond acceptors (Lipinski definition) is 3. The van der Waals surface area contributed by atoms with Crippen molar-refractivity contribution in [2.45, 2.75) is 44.9 Å². The molecule has 0 unspecified atom stereocenters. The van der Waals surface area contributed by atoms with Gasteiger partial charge in [0.25, 0.3) is 0 Å². The third-order valence-corrected chi connectivity index (χ3v) is 5.14. The van der Waals surface area contributed by atoms with Crippen LogP contribution >= 0.6 is 0 Å². The molecule has 1 N–H and O–H groups in total. The normalized spacial score (nSPS) is 13.8. The fourth-order valence-electron chi connectivity index (χ4n) is 1.58. The summed E-state index contributed by atoms with van der Waals surface area (Å²) >= 11 is 0. The third kappa shape index (κ3) is 3.79. The van der Waals surface area contributed by atoms with Crippen LogP contribution < -0.4 is 4.72 Å². The molecular formula is C14H20N2O2S. The van der Waals surface area contributed by atoms with Crippen molar-refractivity contribution in [3.63, 3.8) is 0 Å². The third-order valence-electron chi connectivity index (χ3n) is 2.93. The van der Waals surface area contributed by atoms with E-state index in [0.717, 1.165) is 5.56 Å². The standard InChI is InChI=1S/C14H20N2O2S/c1-5-13(16-19(17,18)14(2,3)4)12-8-6-7-11(9-12)10-15/h6-9,13,16H,5H2,1-4H3/t13-/m0/s1. The van der Waals surface area contributed by atoms with E-state index >= 15 is 0 Å². The van der Waals surface area contributed by atoms with E-state index in [1.807, 2.05) is 13.0 Å². The summed E-state index contributed by atoms with van der Waals surface area (Å²) < 4.78 is 26.2. The van der Waals surface area contributed by atoms with Gasteiger partial charge < -0.3 is 0 Å². The molecule has 0 aromatic heterocycles. The van der Waals surface area contributed by atoms with E-state index in [1.165, 1.54) is 0 Å². The van der Waals surface area contributed by atoms with Crippen LogP contribution in [0.1, 0.15) is 51.3 Å². The van der Waals surface area contributed by atoms with Gasteiger partial charge in [-0.25, -0.2) is 13.1 Å². The maximum absolute atomic E-state index is 12.2. The second-order valence-electron chi connectivity index (χ2n) is 5.43. The number of nitriles is 1. The Morgan fingerprint density at radius 1 is 1.37 bits per heavy atom. The molecule has 4 nitrogen and oxygen atoms in total. The molecule has 1 aromatic carbocycles. The summed E-state index contributed by atoms with van der Waals surface area (Å²) in [5.74, 6) is 0. The molecule has 1 aromatic rings. The van der Waals surface area contributed by atoms with Crippen molar-refractivity contribution in [1.82, 2.24) is 4.72 Å². The molecule has 0 saturated carbocycles. The zero-order valence-electron chi connectivity index (χ0n) is 11.8. The van der Waals surface area contributed by atoms with E-state index in [0.29, 0.717) is 12.0 Å². The number of nitrogens with one attached hydrogen (secondary N) is 1. The lowest BCUT2D eigenvalue weighted by atomic mass is 10.0. The summed E-state index contributed by atoms with van der Waals surface area (Å²) in [6.07, 6.45) is 0.629. The summed E-state index contributed by atoms with van der Waals surface area (Å²) in [6, 6.07) is 8.78. The highest BCUT2D eigenvalue weighted by atomic mass is 32.2. The zero-order chi connectivity index (χ0) is 14.7. The first kappa shape index (κ1) is 15.7. The Labute approximate surface area is 115 Å². The molecule has 0 amide bonds. The van der Waals surface area contributed by atoms with Gasteiger partial charge in [0, 0.05) is 6.04 Å². The average Bonchev–Trinajstić information content (AvgIpc) is 2.34. The molecule has 1 atom stereocenters. The lowest BCUT2D eigenvalue weighted by Gasteiger charge is -2.25. The van der Waals surface area contributed by atoms with Crippen LogP contribution in [0, 0.1) is 11.3 Å². The summed E-state index contributed by atoms with van der Waals surface area (Å²) in [5, 5.41) is 8.89. The van der Waals surface area contributed by atoms with Gasteiger partial charge in [-0.05, 0) is 44.9 Å². The molecule has 0 fully saturated rings. The molecule has 104 valence electrons. The van der Waals surface area contributed by atoms with E-state index in [9.17, 15) is 8.42 Å². The molecule has 0 radical (unpaired) electrons. The number of sulfonamides is 1. The fourth-order valence-corrected chi connectivity index (χ4v) is 2.61. The number of rotatable bonds is 4. The van der Waals surface area contributed by atoms with Gasteiger partial charge >= 0.3 is 0 Å². The lowest BCUT2D eigenvalue weighted by molar-refractivity contribution is 0.519. The maximum Gasteiger partial charge on any atom is 0.217 e. The van der Waals surface area contributed by atoms with E-state index < -0.39 is 14.8 Å². The van der Waals surface area contributed by atoms with Crippen LogP contribution in [-0.4, -0.2) is 13.2 Å². The highest BCUT2D eigenvalue weighted by molar-refractivity contribution is 7.90. The smallest absolute Gasteiger partial charge is 0.212 e. The Hall–Kier alpha value is -1.38. The Bertz CT molecular complexity index is 580. The van der Waals surface area contributed by atoms with Crippen molar-refractivity contribution in [2.75, 3.05) is 0 Å². The second-order valence-corrected chi connectivity index (χ2v) is 7.90. The molecule has 19 heavy (non-hydrogen) atoms. The van der Waals surface area contributed by atoms with Crippen molar-refractivity contribution in [3.05, 3.63) is 35.4 Å². The molecule has 5 heteroatoms. The summed E-state index contributed by atoms with van der Waals surface area (Å²) in [6.45, 7) is 6.89. The topological polar surface area (TPSA) is 70.0 Å². The minimum absolute atomic E-state index is 0.308. The van der Waals surface area contributed by atoms with Gasteiger partial charge in [-0.1, -0.05) is 19.1 Å². The van der Waals surface area contributed by atoms with Gasteiger partial charge in [-0.15, -0.1) is 0 Å². The molecule has 0 spiro atoms. The van der Waals surface area contributed by atoms with Crippen molar-refractivity contribution >= 4 is 10.0 Å². The average molecular weight is 280 g/mol. The molecule has 0 aliphatic carbocycles. The van der Waals surface area contributed by atoms with Crippen LogP contribution in [-0.2, 0) is 10.0 Å². The van der Waals surface area contributed by atoms with Crippen LogP contribution in [0.25, 0.3) is 0 Å². The second kappa shape index (κ2) is 5.72. The molecule has 0 aliphatic heterocycles. The highest BCUT2D eigenvalue weighted by Gasteiger charge is 2.31. The molecule has 1 rings (SSSR count). The quantitative estimate of drug-likeness (QED) is 0.922. The van der Waals surface area contributed by atoms with Crippen molar-refractivity contribution in [2.24, 2.45) is 0 Å². The van der Waals surface area contributed by atoms with E-state index in [1.54, 1.807) is 39.0 Å². The van der Waals surface area contributed by atoms with Gasteiger partial charge in [0.1, 0.15) is 0 Å². The van der Waals surface area contributed by atoms with Gasteiger partial charge in [0.15, 0.2) is 0 Å². The van der Waals surface area contributed by atoms with E-state index in [2.05, 4.69) is 10.8 Å². The van der Waals surface area contributed by atoms with Crippen molar-refractivity contribution in [3.8, 4) is 6.07 Å². The summed E-state index contributed by atoms with van der Waals surface area (Å²) in [5.41, 5.74) is 1.35. The Morgan fingerprint density at radius 3 is 2.47 bits per heavy atom. The number of nitrogens with zero attached hydrogens (tertiary/aromatic N) is 1.